The smallest absolute Gasteiger partial charge is 0.363 e. The van der Waals surface area contributed by atoms with Crippen molar-refractivity contribution >= 4 is 11.4 Å². The molecule has 0 N–H and O–H groups in total. The fourth-order valence-electron chi connectivity index (χ4n) is 2.45. The number of alkyl halides is 5. The van der Waals surface area contributed by atoms with E-state index in [0.717, 1.165) is 11.0 Å². The molecule has 1 aromatic rings. The molecule has 116 valence electrons. The molecule has 9 heteroatoms. The third-order valence-corrected chi connectivity index (χ3v) is 3.34. The van der Waals surface area contributed by atoms with Crippen LogP contribution in [0.4, 0.5) is 33.3 Å². The fraction of sp³-hybridized carbons (Fsp3) is 0.500. The Morgan fingerprint density at radius 1 is 1.38 bits per heavy atom. The molecule has 2 rings (SSSR count). The molecule has 0 aromatic heterocycles. The van der Waals surface area contributed by atoms with Gasteiger partial charge in [-0.1, -0.05) is 0 Å². The van der Waals surface area contributed by atoms with E-state index in [2.05, 4.69) is 0 Å². The maximum atomic E-state index is 13.3. The lowest BCUT2D eigenvalue weighted by atomic mass is 10.1. The highest BCUT2D eigenvalue weighted by Crippen LogP contribution is 2.41. The van der Waals surface area contributed by atoms with E-state index in [4.69, 9.17) is 0 Å². The second-order valence-electron chi connectivity index (χ2n) is 4.99. The maximum absolute atomic E-state index is 13.3. The quantitative estimate of drug-likeness (QED) is 0.473. The zero-order valence-electron chi connectivity index (χ0n) is 10.8. The molecule has 1 atom stereocenters. The van der Waals surface area contributed by atoms with E-state index in [1.807, 2.05) is 0 Å². The summed E-state index contributed by atoms with van der Waals surface area (Å²) in [4.78, 5) is 10.6. The molecule has 0 bridgehead atoms. The van der Waals surface area contributed by atoms with Gasteiger partial charge in [-0.15, -0.1) is 0 Å². The van der Waals surface area contributed by atoms with E-state index in [0.29, 0.717) is 12.1 Å². The van der Waals surface area contributed by atoms with Crippen LogP contribution in [-0.4, -0.2) is 23.4 Å². The molecule has 1 fully saturated rings. The van der Waals surface area contributed by atoms with Crippen LogP contribution in [0, 0.1) is 10.1 Å². The lowest BCUT2D eigenvalue weighted by Gasteiger charge is -2.24. The Kier molecular flexibility index (Phi) is 3.54. The third kappa shape index (κ3) is 3.06. The van der Waals surface area contributed by atoms with Crippen molar-refractivity contribution in [2.75, 3.05) is 11.4 Å². The highest BCUT2D eigenvalue weighted by atomic mass is 19.4. The van der Waals surface area contributed by atoms with E-state index < -0.39 is 47.3 Å². The Bertz CT molecular complexity index is 573. The molecule has 0 unspecified atom stereocenters. The van der Waals surface area contributed by atoms with Crippen LogP contribution in [0.5, 0.6) is 0 Å². The van der Waals surface area contributed by atoms with Crippen molar-refractivity contribution < 1.29 is 26.9 Å². The van der Waals surface area contributed by atoms with Crippen LogP contribution in [0.25, 0.3) is 0 Å². The molecule has 1 aliphatic rings. The minimum atomic E-state index is -4.93. The lowest BCUT2D eigenvalue weighted by Crippen LogP contribution is -2.29. The van der Waals surface area contributed by atoms with Crippen molar-refractivity contribution in [3.63, 3.8) is 0 Å². The topological polar surface area (TPSA) is 46.4 Å². The van der Waals surface area contributed by atoms with Crippen molar-refractivity contribution in [1.29, 1.82) is 0 Å². The molecular formula is C12H11F5N2O2. The van der Waals surface area contributed by atoms with Gasteiger partial charge in [-0.2, -0.15) is 13.2 Å². The Labute approximate surface area is 116 Å². The van der Waals surface area contributed by atoms with Crippen LogP contribution in [0.3, 0.4) is 0 Å². The predicted octanol–water partition coefficient (Wildman–Crippen LogP) is 3.85. The Morgan fingerprint density at radius 2 is 2.00 bits per heavy atom. The van der Waals surface area contributed by atoms with E-state index in [9.17, 15) is 32.1 Å². The summed E-state index contributed by atoms with van der Waals surface area (Å²) in [7, 11) is 0. The molecule has 1 saturated heterocycles. The summed E-state index contributed by atoms with van der Waals surface area (Å²) in [6.45, 7) is 0.763. The Morgan fingerprint density at radius 3 is 2.43 bits per heavy atom. The average Bonchev–Trinajstić information content (AvgIpc) is 2.60. The normalized spacial score (nSPS) is 21.6. The van der Waals surface area contributed by atoms with Crippen LogP contribution < -0.4 is 4.90 Å². The average molecular weight is 310 g/mol. The molecule has 0 saturated carbocycles. The maximum Gasteiger partial charge on any atom is 0.423 e. The highest BCUT2D eigenvalue weighted by Gasteiger charge is 2.44. The first-order valence-corrected chi connectivity index (χ1v) is 6.01. The van der Waals surface area contributed by atoms with Crippen LogP contribution in [0.15, 0.2) is 18.2 Å². The number of nitro benzene ring substituents is 1. The van der Waals surface area contributed by atoms with Gasteiger partial charge in [0.1, 0.15) is 5.56 Å². The van der Waals surface area contributed by atoms with Gasteiger partial charge in [0.15, 0.2) is 0 Å². The summed E-state index contributed by atoms with van der Waals surface area (Å²) >= 11 is 0. The van der Waals surface area contributed by atoms with Crippen molar-refractivity contribution in [3.8, 4) is 0 Å². The first-order valence-electron chi connectivity index (χ1n) is 6.01. The van der Waals surface area contributed by atoms with E-state index >= 15 is 0 Å². The monoisotopic (exact) mass is 310 g/mol. The summed E-state index contributed by atoms with van der Waals surface area (Å²) in [6, 6.07) is 1.66. The first-order chi connectivity index (χ1) is 9.51. The Balaban J connectivity index is 2.46. The number of halogens is 5. The van der Waals surface area contributed by atoms with E-state index in [-0.39, 0.29) is 5.69 Å². The van der Waals surface area contributed by atoms with Crippen LogP contribution in [-0.2, 0) is 6.18 Å². The summed E-state index contributed by atoms with van der Waals surface area (Å²) in [6.07, 6.45) is -5.39. The Hall–Kier alpha value is -1.93. The molecule has 1 heterocycles. The predicted molar refractivity (Wildman–Crippen MR) is 64.5 cm³/mol. The summed E-state index contributed by atoms with van der Waals surface area (Å²) in [5.41, 5.74) is -2.63. The zero-order valence-corrected chi connectivity index (χ0v) is 10.8. The summed E-state index contributed by atoms with van der Waals surface area (Å²) < 4.78 is 65.2. The van der Waals surface area contributed by atoms with Crippen LogP contribution in [0.2, 0.25) is 0 Å². The van der Waals surface area contributed by atoms with Gasteiger partial charge in [0.25, 0.3) is 11.6 Å². The molecule has 1 aromatic carbocycles. The second-order valence-corrected chi connectivity index (χ2v) is 4.99. The van der Waals surface area contributed by atoms with E-state index in [1.54, 1.807) is 0 Å². The van der Waals surface area contributed by atoms with Crippen molar-refractivity contribution in [3.05, 3.63) is 33.9 Å². The molecule has 4 nitrogen and oxygen atoms in total. The largest absolute Gasteiger partial charge is 0.423 e. The highest BCUT2D eigenvalue weighted by molar-refractivity contribution is 5.58. The number of anilines is 1. The minimum Gasteiger partial charge on any atom is -0.363 e. The SMILES string of the molecule is C[C@@H]1CC(F)(F)CN1c1ccc([N+](=O)[O-])c(C(F)(F)F)c1. The summed E-state index contributed by atoms with van der Waals surface area (Å²) in [5.74, 6) is -2.99. The van der Waals surface area contributed by atoms with Crippen LogP contribution in [0.1, 0.15) is 18.9 Å². The summed E-state index contributed by atoms with van der Waals surface area (Å²) in [5, 5.41) is 10.6. The zero-order chi connectivity index (χ0) is 16.0. The molecule has 0 aliphatic carbocycles. The third-order valence-electron chi connectivity index (χ3n) is 3.34. The van der Waals surface area contributed by atoms with Gasteiger partial charge < -0.3 is 4.90 Å². The molecule has 0 radical (unpaired) electrons. The molecule has 21 heavy (non-hydrogen) atoms. The van der Waals surface area contributed by atoms with Crippen molar-refractivity contribution in [2.45, 2.75) is 31.5 Å². The minimum absolute atomic E-state index is 0.0994. The standard InChI is InChI=1S/C12H11F5N2O2/c1-7-5-11(13,14)6-18(7)8-2-3-10(19(20)21)9(4-8)12(15,16)17/h2-4,7H,5-6H2,1H3/t7-/m1/s1. The number of rotatable bonds is 2. The van der Waals surface area contributed by atoms with Gasteiger partial charge in [-0.25, -0.2) is 8.78 Å². The molecule has 0 amide bonds. The van der Waals surface area contributed by atoms with Gasteiger partial charge in [0.2, 0.25) is 0 Å². The second kappa shape index (κ2) is 4.81. The van der Waals surface area contributed by atoms with Gasteiger partial charge in [0.05, 0.1) is 11.5 Å². The van der Waals surface area contributed by atoms with Gasteiger partial charge in [0, 0.05) is 24.2 Å². The molecule has 0 spiro atoms. The number of nitrogens with zero attached hydrogens (tertiary/aromatic N) is 2. The van der Waals surface area contributed by atoms with Crippen LogP contribution >= 0.6 is 0 Å². The lowest BCUT2D eigenvalue weighted by molar-refractivity contribution is -0.388. The van der Waals surface area contributed by atoms with Crippen molar-refractivity contribution in [2.24, 2.45) is 0 Å². The fourth-order valence-corrected chi connectivity index (χ4v) is 2.45. The molecule has 1 aliphatic heterocycles. The van der Waals surface area contributed by atoms with Gasteiger partial charge in [-0.05, 0) is 19.1 Å². The number of nitro groups is 1. The van der Waals surface area contributed by atoms with Gasteiger partial charge >= 0.3 is 6.18 Å². The first kappa shape index (κ1) is 15.5. The molecular weight excluding hydrogens is 299 g/mol. The van der Waals surface area contributed by atoms with E-state index in [1.165, 1.54) is 6.92 Å². The van der Waals surface area contributed by atoms with Gasteiger partial charge in [-0.3, -0.25) is 10.1 Å². The number of hydrogen-bond donors (Lipinski definition) is 0. The van der Waals surface area contributed by atoms with Crippen molar-refractivity contribution in [1.82, 2.24) is 0 Å². The number of benzene rings is 1. The number of hydrogen-bond acceptors (Lipinski definition) is 3.